The minimum Gasteiger partial charge on any atom is -0.493 e. The fraction of sp³-hybridized carbons (Fsp3) is 0.579. The Morgan fingerprint density at radius 1 is 1.19 bits per heavy atom. The number of nitrogens with zero attached hydrogens (tertiary/aromatic N) is 1. The maximum atomic E-state index is 11.9. The molecular formula is C19H30N4O3. The second-order valence-corrected chi connectivity index (χ2v) is 6.47. The Labute approximate surface area is 155 Å². The van der Waals surface area contributed by atoms with E-state index in [1.54, 1.807) is 14.2 Å². The van der Waals surface area contributed by atoms with E-state index in [2.05, 4.69) is 15.6 Å². The molecule has 2 rings (SSSR count). The van der Waals surface area contributed by atoms with Gasteiger partial charge in [-0.2, -0.15) is 0 Å². The minimum absolute atomic E-state index is 0.0668. The van der Waals surface area contributed by atoms with Gasteiger partial charge in [-0.3, -0.25) is 4.79 Å². The smallest absolute Gasteiger partial charge is 0.221 e. The number of carbonyl (C=O) groups is 1. The molecule has 0 unspecified atom stereocenters. The zero-order valence-electron chi connectivity index (χ0n) is 15.7. The van der Waals surface area contributed by atoms with Gasteiger partial charge in [0.1, 0.15) is 0 Å². The van der Waals surface area contributed by atoms with Gasteiger partial charge in [0, 0.05) is 19.0 Å². The first-order chi connectivity index (χ1) is 12.6. The van der Waals surface area contributed by atoms with Crippen molar-refractivity contribution >= 4 is 11.9 Å². The van der Waals surface area contributed by atoms with Crippen LogP contribution in [-0.4, -0.2) is 38.7 Å². The average Bonchev–Trinajstić information content (AvgIpc) is 2.66. The maximum absolute atomic E-state index is 11.9. The monoisotopic (exact) mass is 362 g/mol. The molecule has 4 N–H and O–H groups in total. The lowest BCUT2D eigenvalue weighted by Gasteiger charge is -2.22. The second-order valence-electron chi connectivity index (χ2n) is 6.47. The van der Waals surface area contributed by atoms with Crippen molar-refractivity contribution in [3.63, 3.8) is 0 Å². The highest BCUT2D eigenvalue weighted by Gasteiger charge is 2.15. The van der Waals surface area contributed by atoms with Crippen molar-refractivity contribution in [1.82, 2.24) is 10.6 Å². The number of methoxy groups -OCH3 is 2. The number of hydrogen-bond donors (Lipinski definition) is 3. The van der Waals surface area contributed by atoms with Crippen molar-refractivity contribution < 1.29 is 14.3 Å². The summed E-state index contributed by atoms with van der Waals surface area (Å²) in [5, 5.41) is 6.07. The molecule has 144 valence electrons. The van der Waals surface area contributed by atoms with Gasteiger partial charge in [0.2, 0.25) is 5.91 Å². The van der Waals surface area contributed by atoms with E-state index in [1.165, 1.54) is 19.3 Å². The summed E-state index contributed by atoms with van der Waals surface area (Å²) < 4.78 is 10.5. The highest BCUT2D eigenvalue weighted by molar-refractivity contribution is 5.80. The molecule has 0 atom stereocenters. The van der Waals surface area contributed by atoms with Gasteiger partial charge in [-0.05, 0) is 30.5 Å². The van der Waals surface area contributed by atoms with E-state index in [-0.39, 0.29) is 5.91 Å². The standard InChI is InChI=1S/C19H30N4O3/c1-25-16-9-8-14(12-17(16)26-2)13-22-19(20)21-11-10-18(24)23-15-6-4-3-5-7-15/h8-9,12,15H,3-7,10-11,13H2,1-2H3,(H,23,24)(H3,20,21,22). The summed E-state index contributed by atoms with van der Waals surface area (Å²) in [5.74, 6) is 1.73. The molecule has 0 saturated heterocycles. The van der Waals surface area contributed by atoms with Crippen LogP contribution in [0.2, 0.25) is 0 Å². The van der Waals surface area contributed by atoms with Gasteiger partial charge in [0.25, 0.3) is 0 Å². The molecule has 26 heavy (non-hydrogen) atoms. The van der Waals surface area contributed by atoms with E-state index >= 15 is 0 Å². The van der Waals surface area contributed by atoms with Gasteiger partial charge in [-0.1, -0.05) is 25.3 Å². The molecule has 1 aromatic carbocycles. The van der Waals surface area contributed by atoms with Gasteiger partial charge >= 0.3 is 0 Å². The highest BCUT2D eigenvalue weighted by atomic mass is 16.5. The SMILES string of the molecule is COc1ccc(CN=C(N)NCCC(=O)NC2CCCCC2)cc1OC. The number of carbonyl (C=O) groups excluding carboxylic acids is 1. The first-order valence-electron chi connectivity index (χ1n) is 9.16. The van der Waals surface area contributed by atoms with E-state index in [0.717, 1.165) is 18.4 Å². The number of hydrogen-bond acceptors (Lipinski definition) is 4. The normalized spacial score (nSPS) is 15.4. The van der Waals surface area contributed by atoms with E-state index in [1.807, 2.05) is 18.2 Å². The Balaban J connectivity index is 1.71. The fourth-order valence-corrected chi connectivity index (χ4v) is 3.06. The zero-order chi connectivity index (χ0) is 18.8. The molecule has 1 saturated carbocycles. The van der Waals surface area contributed by atoms with Crippen LogP contribution in [0.4, 0.5) is 0 Å². The highest BCUT2D eigenvalue weighted by Crippen LogP contribution is 2.27. The molecule has 0 aromatic heterocycles. The third kappa shape index (κ3) is 6.46. The van der Waals surface area contributed by atoms with E-state index in [4.69, 9.17) is 15.2 Å². The first-order valence-corrected chi connectivity index (χ1v) is 9.16. The van der Waals surface area contributed by atoms with Crippen molar-refractivity contribution in [3.05, 3.63) is 23.8 Å². The molecule has 1 aromatic rings. The van der Waals surface area contributed by atoms with Crippen LogP contribution in [0.15, 0.2) is 23.2 Å². The van der Waals surface area contributed by atoms with Crippen LogP contribution in [0.5, 0.6) is 11.5 Å². The van der Waals surface area contributed by atoms with Crippen LogP contribution in [-0.2, 0) is 11.3 Å². The van der Waals surface area contributed by atoms with Gasteiger partial charge in [-0.15, -0.1) is 0 Å². The number of benzene rings is 1. The Kier molecular flexibility index (Phi) is 8.05. The molecule has 0 heterocycles. The van der Waals surface area contributed by atoms with E-state index in [9.17, 15) is 4.79 Å². The molecular weight excluding hydrogens is 332 g/mol. The van der Waals surface area contributed by atoms with Crippen molar-refractivity contribution in [2.24, 2.45) is 10.7 Å². The minimum atomic E-state index is 0.0668. The number of rotatable bonds is 8. The van der Waals surface area contributed by atoms with E-state index in [0.29, 0.717) is 43.0 Å². The van der Waals surface area contributed by atoms with Gasteiger partial charge < -0.3 is 25.8 Å². The lowest BCUT2D eigenvalue weighted by Crippen LogP contribution is -2.39. The van der Waals surface area contributed by atoms with Crippen LogP contribution in [0, 0.1) is 0 Å². The van der Waals surface area contributed by atoms with Crippen molar-refractivity contribution in [2.75, 3.05) is 20.8 Å². The summed E-state index contributed by atoms with van der Waals surface area (Å²) in [7, 11) is 3.20. The van der Waals surface area contributed by atoms with Gasteiger partial charge in [0.05, 0.1) is 20.8 Å². The van der Waals surface area contributed by atoms with Crippen LogP contribution >= 0.6 is 0 Å². The Morgan fingerprint density at radius 2 is 1.92 bits per heavy atom. The Hall–Kier alpha value is -2.44. The summed E-state index contributed by atoms with van der Waals surface area (Å²) in [6, 6.07) is 5.96. The fourth-order valence-electron chi connectivity index (χ4n) is 3.06. The molecule has 7 heteroatoms. The summed E-state index contributed by atoms with van der Waals surface area (Å²) >= 11 is 0. The lowest BCUT2D eigenvalue weighted by atomic mass is 9.95. The van der Waals surface area contributed by atoms with Gasteiger partial charge in [0.15, 0.2) is 17.5 Å². The van der Waals surface area contributed by atoms with Crippen molar-refractivity contribution in [1.29, 1.82) is 0 Å². The number of amides is 1. The molecule has 0 bridgehead atoms. The lowest BCUT2D eigenvalue weighted by molar-refractivity contribution is -0.121. The predicted octanol–water partition coefficient (Wildman–Crippen LogP) is 1.95. The molecule has 0 spiro atoms. The summed E-state index contributed by atoms with van der Waals surface area (Å²) in [6.07, 6.45) is 6.27. The Morgan fingerprint density at radius 3 is 2.62 bits per heavy atom. The number of aliphatic imine (C=N–C) groups is 1. The van der Waals surface area contributed by atoms with Crippen LogP contribution in [0.1, 0.15) is 44.1 Å². The predicted molar refractivity (Wildman–Crippen MR) is 103 cm³/mol. The summed E-state index contributed by atoms with van der Waals surface area (Å²) in [4.78, 5) is 16.2. The quantitative estimate of drug-likeness (QED) is 0.485. The topological polar surface area (TPSA) is 98.0 Å². The number of nitrogens with one attached hydrogen (secondary N) is 2. The molecule has 1 aliphatic carbocycles. The molecule has 0 aliphatic heterocycles. The largest absolute Gasteiger partial charge is 0.493 e. The van der Waals surface area contributed by atoms with E-state index < -0.39 is 0 Å². The number of guanidine groups is 1. The Bertz CT molecular complexity index is 613. The van der Waals surface area contributed by atoms with Crippen LogP contribution < -0.4 is 25.8 Å². The third-order valence-corrected chi connectivity index (χ3v) is 4.51. The molecule has 1 fully saturated rings. The van der Waals surface area contributed by atoms with Gasteiger partial charge in [-0.25, -0.2) is 4.99 Å². The van der Waals surface area contributed by atoms with Crippen LogP contribution in [0.25, 0.3) is 0 Å². The second kappa shape index (κ2) is 10.5. The number of nitrogens with two attached hydrogens (primary N) is 1. The molecule has 1 aliphatic rings. The summed E-state index contributed by atoms with van der Waals surface area (Å²) in [5.41, 5.74) is 6.83. The zero-order valence-corrected chi connectivity index (χ0v) is 15.7. The maximum Gasteiger partial charge on any atom is 0.221 e. The first kappa shape index (κ1) is 19.9. The molecule has 0 radical (unpaired) electrons. The number of ether oxygens (including phenoxy) is 2. The van der Waals surface area contributed by atoms with Crippen molar-refractivity contribution in [2.45, 2.75) is 51.1 Å². The molecule has 7 nitrogen and oxygen atoms in total. The third-order valence-electron chi connectivity index (χ3n) is 4.51. The molecule has 1 amide bonds. The summed E-state index contributed by atoms with van der Waals surface area (Å²) in [6.45, 7) is 0.896. The van der Waals surface area contributed by atoms with Crippen LogP contribution in [0.3, 0.4) is 0 Å². The average molecular weight is 362 g/mol. The van der Waals surface area contributed by atoms with Crippen molar-refractivity contribution in [3.8, 4) is 11.5 Å².